The van der Waals surface area contributed by atoms with Gasteiger partial charge in [-0.15, -0.1) is 11.8 Å². The minimum absolute atomic E-state index is 0.244. The first-order valence-electron chi connectivity index (χ1n) is 3.89. The third-order valence-corrected chi connectivity index (χ3v) is 2.89. The molecule has 0 aromatic heterocycles. The van der Waals surface area contributed by atoms with Gasteiger partial charge >= 0.3 is 5.97 Å². The van der Waals surface area contributed by atoms with Gasteiger partial charge in [-0.1, -0.05) is 6.92 Å². The molecule has 0 aliphatic rings. The van der Waals surface area contributed by atoms with Gasteiger partial charge < -0.3 is 9.84 Å². The summed E-state index contributed by atoms with van der Waals surface area (Å²) < 4.78 is 4.46. The molecular formula is C8H16O3S. The highest BCUT2D eigenvalue weighted by Gasteiger charge is 2.17. The molecule has 0 aromatic rings. The molecule has 0 heterocycles. The maximum Gasteiger partial charge on any atom is 0.315 e. The standard InChI is InChI=1S/C8H16O3S/c1-4-8(2,10)6-12-5-7(9)11-3/h10H,4-6H2,1-3H3. The van der Waals surface area contributed by atoms with Crippen LogP contribution in [0.4, 0.5) is 0 Å². The number of rotatable bonds is 5. The van der Waals surface area contributed by atoms with Gasteiger partial charge in [-0.3, -0.25) is 4.79 Å². The van der Waals surface area contributed by atoms with Crippen molar-refractivity contribution < 1.29 is 14.6 Å². The molecule has 1 atom stereocenters. The van der Waals surface area contributed by atoms with E-state index >= 15 is 0 Å². The highest BCUT2D eigenvalue weighted by Crippen LogP contribution is 2.16. The fourth-order valence-corrected chi connectivity index (χ4v) is 1.55. The smallest absolute Gasteiger partial charge is 0.315 e. The molecule has 0 saturated carbocycles. The quantitative estimate of drug-likeness (QED) is 0.661. The number of esters is 1. The third-order valence-electron chi connectivity index (χ3n) is 1.62. The lowest BCUT2D eigenvalue weighted by Gasteiger charge is -2.19. The molecule has 72 valence electrons. The van der Waals surface area contributed by atoms with E-state index in [1.807, 2.05) is 6.92 Å². The number of ether oxygens (including phenoxy) is 1. The zero-order chi connectivity index (χ0) is 9.61. The van der Waals surface area contributed by atoms with Gasteiger partial charge in [-0.05, 0) is 13.3 Å². The molecule has 1 N–H and O–H groups in total. The lowest BCUT2D eigenvalue weighted by molar-refractivity contribution is -0.137. The summed E-state index contributed by atoms with van der Waals surface area (Å²) in [5, 5.41) is 9.54. The van der Waals surface area contributed by atoms with Crippen LogP contribution in [-0.2, 0) is 9.53 Å². The molecule has 3 nitrogen and oxygen atoms in total. The Morgan fingerprint density at radius 3 is 2.67 bits per heavy atom. The Morgan fingerprint density at radius 2 is 2.25 bits per heavy atom. The van der Waals surface area contributed by atoms with Crippen LogP contribution in [0.1, 0.15) is 20.3 Å². The van der Waals surface area contributed by atoms with E-state index in [4.69, 9.17) is 0 Å². The molecule has 1 unspecified atom stereocenters. The maximum atomic E-state index is 10.7. The van der Waals surface area contributed by atoms with Crippen LogP contribution in [0.25, 0.3) is 0 Å². The van der Waals surface area contributed by atoms with Gasteiger partial charge in [-0.2, -0.15) is 0 Å². The van der Waals surface area contributed by atoms with E-state index < -0.39 is 5.60 Å². The summed E-state index contributed by atoms with van der Waals surface area (Å²) >= 11 is 1.39. The van der Waals surface area contributed by atoms with Crippen molar-refractivity contribution in [1.29, 1.82) is 0 Å². The van der Waals surface area contributed by atoms with Crippen LogP contribution in [0.5, 0.6) is 0 Å². The largest absolute Gasteiger partial charge is 0.468 e. The zero-order valence-electron chi connectivity index (χ0n) is 7.79. The van der Waals surface area contributed by atoms with E-state index in [0.29, 0.717) is 17.9 Å². The predicted molar refractivity (Wildman–Crippen MR) is 50.3 cm³/mol. The van der Waals surface area contributed by atoms with Gasteiger partial charge in [0.15, 0.2) is 0 Å². The van der Waals surface area contributed by atoms with E-state index in [0.717, 1.165) is 0 Å². The highest BCUT2D eigenvalue weighted by molar-refractivity contribution is 8.00. The third kappa shape index (κ3) is 5.43. The van der Waals surface area contributed by atoms with Gasteiger partial charge in [-0.25, -0.2) is 0 Å². The van der Waals surface area contributed by atoms with Crippen LogP contribution >= 0.6 is 11.8 Å². The second-order valence-electron chi connectivity index (χ2n) is 2.92. The van der Waals surface area contributed by atoms with Gasteiger partial charge in [0.1, 0.15) is 0 Å². The van der Waals surface area contributed by atoms with Crippen molar-refractivity contribution in [2.75, 3.05) is 18.6 Å². The topological polar surface area (TPSA) is 46.5 Å². The number of aliphatic hydroxyl groups is 1. The Hall–Kier alpha value is -0.220. The second-order valence-corrected chi connectivity index (χ2v) is 3.91. The molecule has 0 bridgehead atoms. The summed E-state index contributed by atoms with van der Waals surface area (Å²) in [5.74, 6) is 0.637. The summed E-state index contributed by atoms with van der Waals surface area (Å²) in [6.45, 7) is 3.68. The highest BCUT2D eigenvalue weighted by atomic mass is 32.2. The van der Waals surface area contributed by atoms with E-state index in [9.17, 15) is 9.90 Å². The number of carbonyl (C=O) groups is 1. The van der Waals surface area contributed by atoms with E-state index in [2.05, 4.69) is 4.74 Å². The van der Waals surface area contributed by atoms with Gasteiger partial charge in [0.25, 0.3) is 0 Å². The number of methoxy groups -OCH3 is 1. The first-order chi connectivity index (χ1) is 5.52. The number of thioether (sulfide) groups is 1. The van der Waals surface area contributed by atoms with Crippen LogP contribution < -0.4 is 0 Å². The lowest BCUT2D eigenvalue weighted by atomic mass is 10.1. The molecule has 12 heavy (non-hydrogen) atoms. The minimum atomic E-state index is -0.668. The maximum absolute atomic E-state index is 10.7. The summed E-state index contributed by atoms with van der Waals surface area (Å²) in [6.07, 6.45) is 0.696. The Labute approximate surface area is 77.5 Å². The summed E-state index contributed by atoms with van der Waals surface area (Å²) in [7, 11) is 1.36. The molecule has 0 spiro atoms. The van der Waals surface area contributed by atoms with Crippen molar-refractivity contribution >= 4 is 17.7 Å². The van der Waals surface area contributed by atoms with Crippen molar-refractivity contribution in [3.63, 3.8) is 0 Å². The fourth-order valence-electron chi connectivity index (χ4n) is 0.515. The molecular weight excluding hydrogens is 176 g/mol. The summed E-state index contributed by atoms with van der Waals surface area (Å²) in [6, 6.07) is 0. The first kappa shape index (κ1) is 11.8. The van der Waals surface area contributed by atoms with E-state index in [1.165, 1.54) is 18.9 Å². The van der Waals surface area contributed by atoms with Crippen LogP contribution in [-0.4, -0.2) is 35.3 Å². The average molecular weight is 192 g/mol. The minimum Gasteiger partial charge on any atom is -0.468 e. The van der Waals surface area contributed by atoms with Crippen LogP contribution in [0, 0.1) is 0 Å². The summed E-state index contributed by atoms with van der Waals surface area (Å²) in [4.78, 5) is 10.7. The van der Waals surface area contributed by atoms with Crippen LogP contribution in [0.3, 0.4) is 0 Å². The van der Waals surface area contributed by atoms with E-state index in [1.54, 1.807) is 6.92 Å². The number of carbonyl (C=O) groups excluding carboxylic acids is 1. The Bertz CT molecular complexity index is 145. The fraction of sp³-hybridized carbons (Fsp3) is 0.875. The molecule has 0 aliphatic carbocycles. The Balaban J connectivity index is 3.49. The van der Waals surface area contributed by atoms with Crippen molar-refractivity contribution in [2.24, 2.45) is 0 Å². The molecule has 0 fully saturated rings. The second kappa shape index (κ2) is 5.43. The first-order valence-corrected chi connectivity index (χ1v) is 5.04. The molecule has 0 radical (unpaired) electrons. The average Bonchev–Trinajstić information content (AvgIpc) is 2.04. The molecule has 4 heteroatoms. The molecule has 0 amide bonds. The SMILES string of the molecule is CCC(C)(O)CSCC(=O)OC. The van der Waals surface area contributed by atoms with Crippen molar-refractivity contribution in [3.8, 4) is 0 Å². The predicted octanol–water partition coefficient (Wildman–Crippen LogP) is 1.05. The van der Waals surface area contributed by atoms with Crippen molar-refractivity contribution in [1.82, 2.24) is 0 Å². The zero-order valence-corrected chi connectivity index (χ0v) is 8.61. The monoisotopic (exact) mass is 192 g/mol. The Morgan fingerprint density at radius 1 is 1.67 bits per heavy atom. The molecule has 0 rings (SSSR count). The van der Waals surface area contributed by atoms with Crippen LogP contribution in [0.15, 0.2) is 0 Å². The van der Waals surface area contributed by atoms with Crippen molar-refractivity contribution in [3.05, 3.63) is 0 Å². The summed E-state index contributed by atoms with van der Waals surface area (Å²) in [5.41, 5.74) is -0.668. The van der Waals surface area contributed by atoms with Gasteiger partial charge in [0, 0.05) is 5.75 Å². The number of hydrogen-bond acceptors (Lipinski definition) is 4. The molecule has 0 aliphatic heterocycles. The van der Waals surface area contributed by atoms with Gasteiger partial charge in [0.2, 0.25) is 0 Å². The van der Waals surface area contributed by atoms with E-state index in [-0.39, 0.29) is 5.97 Å². The van der Waals surface area contributed by atoms with Gasteiger partial charge in [0.05, 0.1) is 18.5 Å². The normalized spacial score (nSPS) is 15.3. The van der Waals surface area contributed by atoms with Crippen molar-refractivity contribution in [2.45, 2.75) is 25.9 Å². The Kier molecular flexibility index (Phi) is 5.33. The molecule has 0 aromatic carbocycles. The van der Waals surface area contributed by atoms with Crippen LogP contribution in [0.2, 0.25) is 0 Å². The molecule has 0 saturated heterocycles. The lowest BCUT2D eigenvalue weighted by Crippen LogP contribution is -2.26. The number of hydrogen-bond donors (Lipinski definition) is 1.